The largest absolute Gasteiger partial charge is 0.383 e. The van der Waals surface area contributed by atoms with E-state index in [1.807, 2.05) is 6.20 Å². The van der Waals surface area contributed by atoms with Crippen molar-refractivity contribution in [2.24, 2.45) is 0 Å². The fraction of sp³-hybridized carbons (Fsp3) is 0.385. The lowest BCUT2D eigenvalue weighted by Gasteiger charge is -2.12. The maximum atomic E-state index is 3.49. The molecule has 1 aliphatic heterocycles. The fourth-order valence-corrected chi connectivity index (χ4v) is 2.34. The second-order valence-electron chi connectivity index (χ2n) is 4.45. The lowest BCUT2D eigenvalue weighted by atomic mass is 10.2. The molecule has 84 valence electrons. The molecule has 0 spiro atoms. The zero-order valence-corrected chi connectivity index (χ0v) is 9.29. The van der Waals surface area contributed by atoms with Crippen LogP contribution >= 0.6 is 0 Å². The Morgan fingerprint density at radius 2 is 2.31 bits per heavy atom. The summed E-state index contributed by atoms with van der Waals surface area (Å²) in [5, 5.41) is 8.25. The molecule has 16 heavy (non-hydrogen) atoms. The highest BCUT2D eigenvalue weighted by Crippen LogP contribution is 2.18. The third-order valence-corrected chi connectivity index (χ3v) is 3.27. The summed E-state index contributed by atoms with van der Waals surface area (Å²) in [7, 11) is 0. The van der Waals surface area contributed by atoms with E-state index in [2.05, 4.69) is 39.9 Å². The van der Waals surface area contributed by atoms with E-state index in [9.17, 15) is 0 Å². The minimum atomic E-state index is 0.641. The first-order valence-electron chi connectivity index (χ1n) is 5.96. The second-order valence-corrected chi connectivity index (χ2v) is 4.45. The minimum absolute atomic E-state index is 0.641. The molecule has 1 saturated heterocycles. The van der Waals surface area contributed by atoms with Crippen LogP contribution < -0.4 is 10.6 Å². The summed E-state index contributed by atoms with van der Waals surface area (Å²) in [6.45, 7) is 2.19. The molecule has 1 fully saturated rings. The van der Waals surface area contributed by atoms with Crippen LogP contribution in [0.5, 0.6) is 0 Å². The van der Waals surface area contributed by atoms with Crippen LogP contribution in [0.2, 0.25) is 0 Å². The highest BCUT2D eigenvalue weighted by Gasteiger charge is 2.12. The van der Waals surface area contributed by atoms with E-state index in [-0.39, 0.29) is 0 Å². The lowest BCUT2D eigenvalue weighted by molar-refractivity contribution is 0.633. The van der Waals surface area contributed by atoms with Gasteiger partial charge in [0.2, 0.25) is 0 Å². The van der Waals surface area contributed by atoms with Gasteiger partial charge in [-0.2, -0.15) is 0 Å². The molecule has 1 unspecified atom stereocenters. The van der Waals surface area contributed by atoms with Crippen LogP contribution in [0.3, 0.4) is 0 Å². The van der Waals surface area contributed by atoms with Gasteiger partial charge in [-0.25, -0.2) is 0 Å². The van der Waals surface area contributed by atoms with Crippen LogP contribution in [-0.2, 0) is 0 Å². The summed E-state index contributed by atoms with van der Waals surface area (Å²) in [4.78, 5) is 3.20. The smallest absolute Gasteiger partial charge is 0.0455 e. The highest BCUT2D eigenvalue weighted by molar-refractivity contribution is 5.82. The maximum absolute atomic E-state index is 3.49. The van der Waals surface area contributed by atoms with Crippen LogP contribution in [0.1, 0.15) is 12.8 Å². The Kier molecular flexibility index (Phi) is 2.54. The molecular formula is C13H17N3. The maximum Gasteiger partial charge on any atom is 0.0455 e. The third kappa shape index (κ3) is 1.91. The number of H-pyrrole nitrogens is 1. The minimum Gasteiger partial charge on any atom is -0.383 e. The zero-order chi connectivity index (χ0) is 10.8. The molecule has 0 radical (unpaired) electrons. The zero-order valence-electron chi connectivity index (χ0n) is 9.29. The molecule has 1 aromatic heterocycles. The molecule has 2 aromatic rings. The molecular weight excluding hydrogens is 198 g/mol. The van der Waals surface area contributed by atoms with Crippen molar-refractivity contribution in [3.8, 4) is 0 Å². The Bertz CT molecular complexity index is 469. The van der Waals surface area contributed by atoms with Crippen molar-refractivity contribution in [2.45, 2.75) is 18.9 Å². The van der Waals surface area contributed by atoms with Crippen molar-refractivity contribution < 1.29 is 0 Å². The standard InChI is InChI=1S/C13H17N3/c1-2-12(14-6-1)9-16-11-3-4-13-10(8-11)5-7-15-13/h3-5,7-8,12,14-16H,1-2,6,9H2. The van der Waals surface area contributed by atoms with Gasteiger partial charge in [0.25, 0.3) is 0 Å². The average Bonchev–Trinajstić information content (AvgIpc) is 2.97. The summed E-state index contributed by atoms with van der Waals surface area (Å²) < 4.78 is 0. The highest BCUT2D eigenvalue weighted by atomic mass is 15.0. The Labute approximate surface area is 95.2 Å². The number of aromatic amines is 1. The summed E-state index contributed by atoms with van der Waals surface area (Å²) in [5.41, 5.74) is 2.41. The van der Waals surface area contributed by atoms with Gasteiger partial charge in [0.15, 0.2) is 0 Å². The van der Waals surface area contributed by atoms with Crippen LogP contribution in [0.25, 0.3) is 10.9 Å². The Hall–Kier alpha value is -1.48. The van der Waals surface area contributed by atoms with E-state index >= 15 is 0 Å². The summed E-state index contributed by atoms with van der Waals surface area (Å²) >= 11 is 0. The quantitative estimate of drug-likeness (QED) is 0.735. The number of benzene rings is 1. The van der Waals surface area contributed by atoms with Gasteiger partial charge < -0.3 is 15.6 Å². The SMILES string of the molecule is c1cc2cc(NCC3CCCN3)ccc2[nH]1. The van der Waals surface area contributed by atoms with Crippen molar-refractivity contribution >= 4 is 16.6 Å². The summed E-state index contributed by atoms with van der Waals surface area (Å²) in [6, 6.07) is 9.20. The summed E-state index contributed by atoms with van der Waals surface area (Å²) in [6.07, 6.45) is 4.58. The molecule has 1 atom stereocenters. The monoisotopic (exact) mass is 215 g/mol. The van der Waals surface area contributed by atoms with E-state index in [4.69, 9.17) is 0 Å². The fourth-order valence-electron chi connectivity index (χ4n) is 2.34. The van der Waals surface area contributed by atoms with Crippen molar-refractivity contribution in [1.82, 2.24) is 10.3 Å². The topological polar surface area (TPSA) is 39.8 Å². The molecule has 3 rings (SSSR count). The van der Waals surface area contributed by atoms with Crippen LogP contribution in [0.4, 0.5) is 5.69 Å². The Morgan fingerprint density at radius 3 is 3.19 bits per heavy atom. The van der Waals surface area contributed by atoms with E-state index in [0.717, 1.165) is 6.54 Å². The van der Waals surface area contributed by atoms with Crippen molar-refractivity contribution in [1.29, 1.82) is 0 Å². The van der Waals surface area contributed by atoms with Gasteiger partial charge in [0.05, 0.1) is 0 Å². The molecule has 2 heterocycles. The third-order valence-electron chi connectivity index (χ3n) is 3.27. The van der Waals surface area contributed by atoms with Crippen LogP contribution in [0.15, 0.2) is 30.5 Å². The number of rotatable bonds is 3. The average molecular weight is 215 g/mol. The van der Waals surface area contributed by atoms with Gasteiger partial charge in [-0.3, -0.25) is 0 Å². The van der Waals surface area contributed by atoms with E-state index in [1.165, 1.54) is 36.0 Å². The van der Waals surface area contributed by atoms with Crippen LogP contribution in [0, 0.1) is 0 Å². The van der Waals surface area contributed by atoms with Gasteiger partial charge in [-0.15, -0.1) is 0 Å². The first-order valence-corrected chi connectivity index (χ1v) is 5.96. The first-order chi connectivity index (χ1) is 7.92. The predicted molar refractivity (Wildman–Crippen MR) is 67.8 cm³/mol. The molecule has 0 aliphatic carbocycles. The van der Waals surface area contributed by atoms with Crippen LogP contribution in [-0.4, -0.2) is 24.1 Å². The molecule has 1 aliphatic rings. The van der Waals surface area contributed by atoms with Crippen molar-refractivity contribution in [3.05, 3.63) is 30.5 Å². The molecule has 0 bridgehead atoms. The number of nitrogens with one attached hydrogen (secondary N) is 3. The number of aromatic nitrogens is 1. The lowest BCUT2D eigenvalue weighted by Crippen LogP contribution is -2.29. The number of hydrogen-bond acceptors (Lipinski definition) is 2. The number of anilines is 1. The van der Waals surface area contributed by atoms with Gasteiger partial charge in [-0.1, -0.05) is 0 Å². The van der Waals surface area contributed by atoms with Gasteiger partial charge >= 0.3 is 0 Å². The number of fused-ring (bicyclic) bond motifs is 1. The molecule has 3 N–H and O–H groups in total. The van der Waals surface area contributed by atoms with E-state index < -0.39 is 0 Å². The van der Waals surface area contributed by atoms with Crippen molar-refractivity contribution in [3.63, 3.8) is 0 Å². The Morgan fingerprint density at radius 1 is 1.31 bits per heavy atom. The van der Waals surface area contributed by atoms with Gasteiger partial charge in [-0.05, 0) is 43.7 Å². The molecule has 3 heteroatoms. The Balaban J connectivity index is 1.68. The van der Waals surface area contributed by atoms with Crippen molar-refractivity contribution in [2.75, 3.05) is 18.4 Å². The molecule has 3 nitrogen and oxygen atoms in total. The summed E-state index contributed by atoms with van der Waals surface area (Å²) in [5.74, 6) is 0. The predicted octanol–water partition coefficient (Wildman–Crippen LogP) is 2.33. The molecule has 0 amide bonds. The van der Waals surface area contributed by atoms with Gasteiger partial charge in [0.1, 0.15) is 0 Å². The van der Waals surface area contributed by atoms with E-state index in [0.29, 0.717) is 6.04 Å². The molecule has 0 saturated carbocycles. The molecule has 1 aromatic carbocycles. The van der Waals surface area contributed by atoms with E-state index in [1.54, 1.807) is 0 Å². The van der Waals surface area contributed by atoms with Gasteiger partial charge in [0, 0.05) is 35.4 Å². The normalized spacial score (nSPS) is 20.4. The second kappa shape index (κ2) is 4.18. The first kappa shape index (κ1) is 9.73. The number of hydrogen-bond donors (Lipinski definition) is 3.